The third-order valence-electron chi connectivity index (χ3n) is 4.42. The van der Waals surface area contributed by atoms with Crippen LogP contribution < -0.4 is 4.90 Å². The summed E-state index contributed by atoms with van der Waals surface area (Å²) in [6.45, 7) is 13.4. The zero-order chi connectivity index (χ0) is 21.0. The minimum absolute atomic E-state index is 0.00355. The maximum atomic E-state index is 9.56. The van der Waals surface area contributed by atoms with Crippen LogP contribution in [-0.4, -0.2) is 15.1 Å². The number of nitrogens with zero attached hydrogens (tertiary/aromatic N) is 3. The van der Waals surface area contributed by atoms with Gasteiger partial charge >= 0.3 is 0 Å². The predicted octanol–water partition coefficient (Wildman–Crippen LogP) is 6.43. The Kier molecular flexibility index (Phi) is 5.93. The number of aromatic nitrogens is 2. The summed E-state index contributed by atoms with van der Waals surface area (Å²) in [6.07, 6.45) is 1.61. The molecule has 3 rings (SSSR count). The SMILES string of the molecule is C=C(O)/C=C(\C)N(C(=C)C)c1cccc(-c2cc(-c3ccccc3)nc(C)n2)c1. The number of allylic oxidation sites excluding steroid dienone is 3. The Bertz CT molecular complexity index is 1080. The standard InChI is InChI=1S/C25H25N3O/c1-17(2)28(18(3)14-19(4)29)23-13-9-12-22(15-23)25-16-24(26-20(5)27-25)21-10-7-6-8-11-21/h6-16,29H,1,4H2,2-3,5H3/b18-14+. The number of aryl methyl sites for hydroxylation is 1. The van der Waals surface area contributed by atoms with Crippen molar-refractivity contribution in [3.8, 4) is 22.5 Å². The van der Waals surface area contributed by atoms with E-state index >= 15 is 0 Å². The van der Waals surface area contributed by atoms with Gasteiger partial charge in [0.15, 0.2) is 0 Å². The fourth-order valence-electron chi connectivity index (χ4n) is 3.31. The average Bonchev–Trinajstić information content (AvgIpc) is 2.67. The van der Waals surface area contributed by atoms with Crippen molar-refractivity contribution < 1.29 is 5.11 Å². The van der Waals surface area contributed by atoms with Gasteiger partial charge in [0.1, 0.15) is 11.6 Å². The summed E-state index contributed by atoms with van der Waals surface area (Å²) in [5, 5.41) is 9.56. The lowest BCUT2D eigenvalue weighted by atomic mass is 10.1. The van der Waals surface area contributed by atoms with Gasteiger partial charge < -0.3 is 10.0 Å². The van der Waals surface area contributed by atoms with Crippen LogP contribution in [0.4, 0.5) is 5.69 Å². The van der Waals surface area contributed by atoms with E-state index < -0.39 is 0 Å². The predicted molar refractivity (Wildman–Crippen MR) is 120 cm³/mol. The van der Waals surface area contributed by atoms with E-state index in [4.69, 9.17) is 0 Å². The zero-order valence-electron chi connectivity index (χ0n) is 17.1. The van der Waals surface area contributed by atoms with Crippen molar-refractivity contribution in [3.63, 3.8) is 0 Å². The molecule has 0 atom stereocenters. The largest absolute Gasteiger partial charge is 0.509 e. The van der Waals surface area contributed by atoms with E-state index in [1.807, 2.05) is 80.3 Å². The Labute approximate surface area is 172 Å². The summed E-state index contributed by atoms with van der Waals surface area (Å²) in [5.41, 5.74) is 6.37. The molecule has 0 aliphatic heterocycles. The smallest absolute Gasteiger partial charge is 0.126 e. The van der Waals surface area contributed by atoms with E-state index in [9.17, 15) is 5.11 Å². The molecule has 1 aromatic heterocycles. The van der Waals surface area contributed by atoms with Crippen LogP contribution in [0, 0.1) is 6.92 Å². The maximum Gasteiger partial charge on any atom is 0.126 e. The van der Waals surface area contributed by atoms with Crippen molar-refractivity contribution in [1.29, 1.82) is 0 Å². The maximum absolute atomic E-state index is 9.56. The Morgan fingerprint density at radius 1 is 0.897 bits per heavy atom. The molecule has 1 N–H and O–H groups in total. The van der Waals surface area contributed by atoms with Gasteiger partial charge in [-0.1, -0.05) is 55.6 Å². The van der Waals surface area contributed by atoms with Crippen LogP contribution in [0.15, 0.2) is 97.1 Å². The molecule has 0 radical (unpaired) electrons. The lowest BCUT2D eigenvalue weighted by molar-refractivity contribution is 0.434. The molecule has 0 bridgehead atoms. The van der Waals surface area contributed by atoms with Crippen LogP contribution in [-0.2, 0) is 0 Å². The molecule has 0 saturated heterocycles. The molecule has 0 aliphatic rings. The van der Waals surface area contributed by atoms with Crippen LogP contribution in [0.2, 0.25) is 0 Å². The van der Waals surface area contributed by atoms with Gasteiger partial charge in [-0.15, -0.1) is 0 Å². The molecule has 3 aromatic rings. The van der Waals surface area contributed by atoms with Crippen LogP contribution in [0.5, 0.6) is 0 Å². The van der Waals surface area contributed by atoms with Gasteiger partial charge in [0, 0.05) is 28.2 Å². The van der Waals surface area contributed by atoms with Gasteiger partial charge in [0.25, 0.3) is 0 Å². The fraction of sp³-hybridized carbons (Fsp3) is 0.120. The molecular weight excluding hydrogens is 358 g/mol. The van der Waals surface area contributed by atoms with E-state index in [-0.39, 0.29) is 5.76 Å². The Hall–Kier alpha value is -3.66. The molecule has 0 fully saturated rings. The highest BCUT2D eigenvalue weighted by atomic mass is 16.3. The van der Waals surface area contributed by atoms with E-state index in [2.05, 4.69) is 29.2 Å². The highest BCUT2D eigenvalue weighted by molar-refractivity contribution is 5.72. The van der Waals surface area contributed by atoms with Crippen molar-refractivity contribution in [2.24, 2.45) is 0 Å². The van der Waals surface area contributed by atoms with Crippen molar-refractivity contribution in [2.45, 2.75) is 20.8 Å². The summed E-state index contributed by atoms with van der Waals surface area (Å²) >= 11 is 0. The Morgan fingerprint density at radius 2 is 1.52 bits per heavy atom. The third kappa shape index (κ3) is 4.79. The first-order valence-corrected chi connectivity index (χ1v) is 9.38. The molecule has 0 saturated carbocycles. The molecule has 29 heavy (non-hydrogen) atoms. The van der Waals surface area contributed by atoms with Crippen LogP contribution in [0.25, 0.3) is 22.5 Å². The van der Waals surface area contributed by atoms with Crippen LogP contribution in [0.3, 0.4) is 0 Å². The quantitative estimate of drug-likeness (QED) is 0.393. The van der Waals surface area contributed by atoms with Crippen LogP contribution in [0.1, 0.15) is 19.7 Å². The fourth-order valence-corrected chi connectivity index (χ4v) is 3.31. The van der Waals surface area contributed by atoms with Crippen LogP contribution >= 0.6 is 0 Å². The first kappa shape index (κ1) is 20.1. The molecular formula is C25H25N3O. The number of aliphatic hydroxyl groups is 1. The van der Waals surface area contributed by atoms with Crippen molar-refractivity contribution in [3.05, 3.63) is 103 Å². The molecule has 146 valence electrons. The van der Waals surface area contributed by atoms with E-state index in [1.54, 1.807) is 6.08 Å². The summed E-state index contributed by atoms with van der Waals surface area (Å²) in [5.74, 6) is 0.722. The first-order chi connectivity index (χ1) is 13.8. The van der Waals surface area contributed by atoms with Gasteiger partial charge in [-0.3, -0.25) is 0 Å². The van der Waals surface area contributed by atoms with E-state index in [0.29, 0.717) is 0 Å². The van der Waals surface area contributed by atoms with E-state index in [1.165, 1.54) is 0 Å². The average molecular weight is 383 g/mol. The second-order valence-corrected chi connectivity index (χ2v) is 6.95. The number of rotatable bonds is 6. The monoisotopic (exact) mass is 383 g/mol. The molecule has 4 heteroatoms. The summed E-state index contributed by atoms with van der Waals surface area (Å²) < 4.78 is 0. The summed E-state index contributed by atoms with van der Waals surface area (Å²) in [6, 6.07) is 20.2. The van der Waals surface area contributed by atoms with Crippen molar-refractivity contribution >= 4 is 5.69 Å². The van der Waals surface area contributed by atoms with Crippen molar-refractivity contribution in [1.82, 2.24) is 9.97 Å². The lowest BCUT2D eigenvalue weighted by Crippen LogP contribution is -2.18. The zero-order valence-corrected chi connectivity index (χ0v) is 17.1. The number of hydrogen-bond acceptors (Lipinski definition) is 4. The number of anilines is 1. The van der Waals surface area contributed by atoms with Gasteiger partial charge in [-0.25, -0.2) is 9.97 Å². The Balaban J connectivity index is 2.07. The summed E-state index contributed by atoms with van der Waals surface area (Å²) in [4.78, 5) is 11.2. The molecule has 0 unspecified atom stereocenters. The highest BCUT2D eigenvalue weighted by Gasteiger charge is 2.13. The third-order valence-corrected chi connectivity index (χ3v) is 4.42. The normalized spacial score (nSPS) is 11.2. The molecule has 1 heterocycles. The number of aliphatic hydroxyl groups excluding tert-OH is 1. The van der Waals surface area contributed by atoms with Gasteiger partial charge in [0.05, 0.1) is 11.4 Å². The highest BCUT2D eigenvalue weighted by Crippen LogP contribution is 2.30. The molecule has 0 aliphatic carbocycles. The topological polar surface area (TPSA) is 49.2 Å². The van der Waals surface area contributed by atoms with Gasteiger partial charge in [0.2, 0.25) is 0 Å². The van der Waals surface area contributed by atoms with Crippen molar-refractivity contribution in [2.75, 3.05) is 4.90 Å². The lowest BCUT2D eigenvalue weighted by Gasteiger charge is -2.26. The molecule has 0 spiro atoms. The first-order valence-electron chi connectivity index (χ1n) is 9.38. The molecule has 2 aromatic carbocycles. The minimum Gasteiger partial charge on any atom is -0.509 e. The van der Waals surface area contributed by atoms with Gasteiger partial charge in [-0.05, 0) is 45.0 Å². The summed E-state index contributed by atoms with van der Waals surface area (Å²) in [7, 11) is 0. The number of benzene rings is 2. The van der Waals surface area contributed by atoms with E-state index in [0.717, 1.165) is 45.4 Å². The van der Waals surface area contributed by atoms with Gasteiger partial charge in [-0.2, -0.15) is 0 Å². The molecule has 0 amide bonds. The molecule has 4 nitrogen and oxygen atoms in total. The Morgan fingerprint density at radius 3 is 2.14 bits per heavy atom. The number of hydrogen-bond donors (Lipinski definition) is 1. The second-order valence-electron chi connectivity index (χ2n) is 6.95. The minimum atomic E-state index is 0.00355. The second kappa shape index (κ2) is 8.57.